The minimum Gasteiger partial charge on any atom is -0.392 e. The van der Waals surface area contributed by atoms with Gasteiger partial charge in [-0.3, -0.25) is 4.21 Å². The summed E-state index contributed by atoms with van der Waals surface area (Å²) in [6.07, 6.45) is 3.72. The van der Waals surface area contributed by atoms with Gasteiger partial charge in [-0.25, -0.2) is 0 Å². The Balaban J connectivity index is 2.47. The number of hydrogen-bond acceptors (Lipinski definition) is 2. The summed E-state index contributed by atoms with van der Waals surface area (Å²) in [5.41, 5.74) is 0. The van der Waals surface area contributed by atoms with Gasteiger partial charge >= 0.3 is 0 Å². The van der Waals surface area contributed by atoms with Crippen LogP contribution in [0, 0.1) is 0 Å². The molecule has 1 fully saturated rings. The third-order valence-corrected chi connectivity index (χ3v) is 4.08. The van der Waals surface area contributed by atoms with Crippen LogP contribution in [0.5, 0.6) is 0 Å². The molecule has 0 aromatic carbocycles. The van der Waals surface area contributed by atoms with E-state index in [-0.39, 0.29) is 11.4 Å². The molecule has 2 nitrogen and oxygen atoms in total. The van der Waals surface area contributed by atoms with Crippen molar-refractivity contribution in [2.45, 2.75) is 44.0 Å². The SMILES string of the molecule is CCS(=O)C1CCCCC1O. The predicted molar refractivity (Wildman–Crippen MR) is 46.9 cm³/mol. The lowest BCUT2D eigenvalue weighted by Crippen LogP contribution is -2.34. The number of aliphatic hydroxyl groups is 1. The van der Waals surface area contributed by atoms with Gasteiger partial charge in [0, 0.05) is 16.6 Å². The van der Waals surface area contributed by atoms with E-state index in [0.29, 0.717) is 5.75 Å². The third kappa shape index (κ3) is 2.27. The number of aliphatic hydroxyl groups excluding tert-OH is 1. The summed E-state index contributed by atoms with van der Waals surface area (Å²) in [6, 6.07) is 0. The van der Waals surface area contributed by atoms with Crippen molar-refractivity contribution in [3.05, 3.63) is 0 Å². The fourth-order valence-corrected chi connectivity index (χ4v) is 2.94. The smallest absolute Gasteiger partial charge is 0.0683 e. The van der Waals surface area contributed by atoms with E-state index in [9.17, 15) is 9.32 Å². The van der Waals surface area contributed by atoms with Gasteiger partial charge in [0.25, 0.3) is 0 Å². The van der Waals surface area contributed by atoms with Crippen LogP contribution in [0.2, 0.25) is 0 Å². The van der Waals surface area contributed by atoms with Gasteiger partial charge < -0.3 is 5.11 Å². The average Bonchev–Trinajstić information content (AvgIpc) is 2.04. The maximum Gasteiger partial charge on any atom is 0.0683 e. The van der Waals surface area contributed by atoms with Crippen LogP contribution >= 0.6 is 0 Å². The summed E-state index contributed by atoms with van der Waals surface area (Å²) >= 11 is 0. The first-order valence-electron chi connectivity index (χ1n) is 4.31. The zero-order valence-corrected chi connectivity index (χ0v) is 7.77. The lowest BCUT2D eigenvalue weighted by atomic mass is 9.97. The van der Waals surface area contributed by atoms with Crippen LogP contribution in [0.4, 0.5) is 0 Å². The Morgan fingerprint density at radius 3 is 2.64 bits per heavy atom. The van der Waals surface area contributed by atoms with Crippen LogP contribution in [0.1, 0.15) is 32.6 Å². The molecule has 0 amide bonds. The second-order valence-corrected chi connectivity index (χ2v) is 5.00. The summed E-state index contributed by atoms with van der Waals surface area (Å²) < 4.78 is 11.3. The molecule has 3 heteroatoms. The van der Waals surface area contributed by atoms with Gasteiger partial charge in [0.1, 0.15) is 0 Å². The van der Waals surface area contributed by atoms with Gasteiger partial charge in [-0.15, -0.1) is 0 Å². The highest BCUT2D eigenvalue weighted by Crippen LogP contribution is 2.22. The van der Waals surface area contributed by atoms with E-state index in [2.05, 4.69) is 0 Å². The van der Waals surface area contributed by atoms with E-state index in [1.807, 2.05) is 6.92 Å². The zero-order valence-electron chi connectivity index (χ0n) is 6.95. The predicted octanol–water partition coefficient (Wildman–Crippen LogP) is 1.06. The molecular weight excluding hydrogens is 160 g/mol. The topological polar surface area (TPSA) is 37.3 Å². The first-order chi connectivity index (χ1) is 5.25. The van der Waals surface area contributed by atoms with E-state index in [4.69, 9.17) is 0 Å². The first kappa shape index (κ1) is 9.20. The van der Waals surface area contributed by atoms with Crippen molar-refractivity contribution in [3.8, 4) is 0 Å². The fraction of sp³-hybridized carbons (Fsp3) is 1.00. The molecule has 0 heterocycles. The van der Waals surface area contributed by atoms with Crippen LogP contribution in [0.25, 0.3) is 0 Å². The average molecular weight is 176 g/mol. The van der Waals surface area contributed by atoms with E-state index in [0.717, 1.165) is 25.7 Å². The number of hydrogen-bond donors (Lipinski definition) is 1. The minimum atomic E-state index is -0.794. The van der Waals surface area contributed by atoms with E-state index in [1.165, 1.54) is 0 Å². The summed E-state index contributed by atoms with van der Waals surface area (Å²) in [7, 11) is -0.794. The Labute approximate surface area is 70.5 Å². The molecule has 3 unspecified atom stereocenters. The molecule has 0 saturated heterocycles. The molecular formula is C8H16O2S. The first-order valence-corrected chi connectivity index (χ1v) is 5.69. The molecule has 1 saturated carbocycles. The lowest BCUT2D eigenvalue weighted by molar-refractivity contribution is 0.135. The molecule has 66 valence electrons. The van der Waals surface area contributed by atoms with Crippen molar-refractivity contribution in [1.29, 1.82) is 0 Å². The molecule has 11 heavy (non-hydrogen) atoms. The summed E-state index contributed by atoms with van der Waals surface area (Å²) in [5.74, 6) is 0.682. The Kier molecular flexibility index (Phi) is 3.52. The monoisotopic (exact) mass is 176 g/mol. The Hall–Kier alpha value is 0.110. The van der Waals surface area contributed by atoms with Gasteiger partial charge in [-0.05, 0) is 12.8 Å². The summed E-state index contributed by atoms with van der Waals surface area (Å²) in [6.45, 7) is 1.91. The van der Waals surface area contributed by atoms with Gasteiger partial charge in [0.15, 0.2) is 0 Å². The Morgan fingerprint density at radius 2 is 2.09 bits per heavy atom. The molecule has 0 radical (unpaired) electrons. The molecule has 0 aromatic heterocycles. The minimum absolute atomic E-state index is 0.0637. The van der Waals surface area contributed by atoms with Gasteiger partial charge in [-0.1, -0.05) is 19.8 Å². The maximum atomic E-state index is 11.3. The molecule has 0 bridgehead atoms. The second-order valence-electron chi connectivity index (χ2n) is 3.06. The summed E-state index contributed by atoms with van der Waals surface area (Å²) in [5, 5.41) is 9.54. The molecule has 1 aliphatic rings. The molecule has 1 rings (SSSR count). The van der Waals surface area contributed by atoms with E-state index in [1.54, 1.807) is 0 Å². The standard InChI is InChI=1S/C8H16O2S/c1-2-11(10)8-6-4-3-5-7(8)9/h7-9H,2-6H2,1H3. The van der Waals surface area contributed by atoms with Crippen molar-refractivity contribution < 1.29 is 9.32 Å². The second kappa shape index (κ2) is 4.21. The van der Waals surface area contributed by atoms with Crippen LogP contribution in [0.3, 0.4) is 0 Å². The van der Waals surface area contributed by atoms with Crippen molar-refractivity contribution in [2.75, 3.05) is 5.75 Å². The van der Waals surface area contributed by atoms with Crippen molar-refractivity contribution >= 4 is 10.8 Å². The summed E-state index contributed by atoms with van der Waals surface area (Å²) in [4.78, 5) is 0. The zero-order chi connectivity index (χ0) is 8.27. The molecule has 0 aromatic rings. The number of rotatable bonds is 2. The normalized spacial score (nSPS) is 35.1. The molecule has 0 spiro atoms. The van der Waals surface area contributed by atoms with Crippen LogP contribution < -0.4 is 0 Å². The third-order valence-electron chi connectivity index (χ3n) is 2.29. The van der Waals surface area contributed by atoms with Crippen LogP contribution in [-0.2, 0) is 10.8 Å². The Morgan fingerprint density at radius 1 is 1.45 bits per heavy atom. The molecule has 0 aliphatic heterocycles. The van der Waals surface area contributed by atoms with E-state index >= 15 is 0 Å². The fourth-order valence-electron chi connectivity index (χ4n) is 1.60. The molecule has 1 N–H and O–H groups in total. The highest BCUT2D eigenvalue weighted by Gasteiger charge is 2.26. The van der Waals surface area contributed by atoms with Gasteiger partial charge in [-0.2, -0.15) is 0 Å². The quantitative estimate of drug-likeness (QED) is 0.683. The van der Waals surface area contributed by atoms with Gasteiger partial charge in [0.05, 0.1) is 11.4 Å². The van der Waals surface area contributed by atoms with Crippen molar-refractivity contribution in [3.63, 3.8) is 0 Å². The van der Waals surface area contributed by atoms with Crippen LogP contribution in [0.15, 0.2) is 0 Å². The largest absolute Gasteiger partial charge is 0.392 e. The highest BCUT2D eigenvalue weighted by molar-refractivity contribution is 7.85. The maximum absolute atomic E-state index is 11.3. The van der Waals surface area contributed by atoms with Crippen molar-refractivity contribution in [1.82, 2.24) is 0 Å². The lowest BCUT2D eigenvalue weighted by Gasteiger charge is -2.26. The molecule has 1 aliphatic carbocycles. The highest BCUT2D eigenvalue weighted by atomic mass is 32.2. The molecule has 3 atom stereocenters. The van der Waals surface area contributed by atoms with Crippen LogP contribution in [-0.4, -0.2) is 26.4 Å². The Bertz CT molecular complexity index is 147. The van der Waals surface area contributed by atoms with E-state index < -0.39 is 10.8 Å². The van der Waals surface area contributed by atoms with Crippen molar-refractivity contribution in [2.24, 2.45) is 0 Å². The van der Waals surface area contributed by atoms with Gasteiger partial charge in [0.2, 0.25) is 0 Å².